The Labute approximate surface area is 102 Å². The third-order valence-electron chi connectivity index (χ3n) is 2.17. The summed E-state index contributed by atoms with van der Waals surface area (Å²) in [6.45, 7) is 1.83. The van der Waals surface area contributed by atoms with Crippen molar-refractivity contribution in [1.29, 1.82) is 0 Å². The number of anilines is 2. The minimum Gasteiger partial charge on any atom is -0.379 e. The topological polar surface area (TPSA) is 94.0 Å². The van der Waals surface area contributed by atoms with Crippen molar-refractivity contribution in [2.24, 2.45) is 0 Å². The van der Waals surface area contributed by atoms with Crippen LogP contribution >= 0.6 is 11.6 Å². The fraction of sp³-hybridized carbons (Fsp3) is 0.100. The number of halogens is 1. The van der Waals surface area contributed by atoms with Gasteiger partial charge in [-0.05, 0) is 41.0 Å². The second-order valence-corrected chi connectivity index (χ2v) is 3.85. The summed E-state index contributed by atoms with van der Waals surface area (Å²) in [4.78, 5) is 11.7. The number of carbonyl (C=O) groups is 1. The van der Waals surface area contributed by atoms with Gasteiger partial charge in [0.25, 0.3) is 5.91 Å². The number of hydrogen-bond donors (Lipinski definition) is 2. The Kier molecular flexibility index (Phi) is 2.97. The van der Waals surface area contributed by atoms with Crippen molar-refractivity contribution in [3.63, 3.8) is 0 Å². The van der Waals surface area contributed by atoms with Crippen LogP contribution in [0.5, 0.6) is 0 Å². The fourth-order valence-corrected chi connectivity index (χ4v) is 1.53. The molecule has 17 heavy (non-hydrogen) atoms. The zero-order chi connectivity index (χ0) is 12.4. The molecule has 1 aromatic carbocycles. The first-order chi connectivity index (χ1) is 8.08. The van der Waals surface area contributed by atoms with Gasteiger partial charge in [-0.1, -0.05) is 11.6 Å². The Morgan fingerprint density at radius 2 is 2.24 bits per heavy atom. The number of nitrogen functional groups attached to an aromatic ring is 1. The van der Waals surface area contributed by atoms with Crippen LogP contribution < -0.4 is 11.1 Å². The smallest absolute Gasteiger partial charge is 0.281 e. The van der Waals surface area contributed by atoms with Crippen LogP contribution in [0, 0.1) is 6.92 Å². The highest BCUT2D eigenvalue weighted by atomic mass is 35.5. The maximum absolute atomic E-state index is 11.7. The maximum Gasteiger partial charge on any atom is 0.281 e. The number of aromatic nitrogens is 2. The molecule has 0 fully saturated rings. The standard InChI is InChI=1S/C10H9ClN4O2/c1-5-4-6(11)2-3-7(5)13-10(16)8-9(12)15-17-14-8/h2-4H,1H3,(H2,12,15)(H,13,16). The SMILES string of the molecule is Cc1cc(Cl)ccc1NC(=O)c1nonc1N. The van der Waals surface area contributed by atoms with E-state index >= 15 is 0 Å². The van der Waals surface area contributed by atoms with Crippen molar-refractivity contribution in [3.8, 4) is 0 Å². The van der Waals surface area contributed by atoms with E-state index in [-0.39, 0.29) is 11.5 Å². The van der Waals surface area contributed by atoms with Gasteiger partial charge in [0.1, 0.15) is 0 Å². The van der Waals surface area contributed by atoms with Gasteiger partial charge in [0.2, 0.25) is 11.5 Å². The molecule has 88 valence electrons. The van der Waals surface area contributed by atoms with Gasteiger partial charge in [-0.2, -0.15) is 0 Å². The fourth-order valence-electron chi connectivity index (χ4n) is 1.30. The van der Waals surface area contributed by atoms with Crippen molar-refractivity contribution >= 4 is 29.0 Å². The van der Waals surface area contributed by atoms with E-state index in [1.807, 2.05) is 6.92 Å². The van der Waals surface area contributed by atoms with Crippen molar-refractivity contribution < 1.29 is 9.42 Å². The van der Waals surface area contributed by atoms with Crippen molar-refractivity contribution in [2.45, 2.75) is 6.92 Å². The molecular formula is C10H9ClN4O2. The van der Waals surface area contributed by atoms with E-state index in [0.717, 1.165) is 5.56 Å². The third-order valence-corrected chi connectivity index (χ3v) is 2.40. The summed E-state index contributed by atoms with van der Waals surface area (Å²) in [7, 11) is 0. The molecule has 6 nitrogen and oxygen atoms in total. The van der Waals surface area contributed by atoms with Crippen molar-refractivity contribution in [2.75, 3.05) is 11.1 Å². The number of aryl methyl sites for hydroxylation is 1. The minimum atomic E-state index is -0.478. The monoisotopic (exact) mass is 252 g/mol. The van der Waals surface area contributed by atoms with Crippen LogP contribution in [0.25, 0.3) is 0 Å². The molecule has 1 aromatic heterocycles. The van der Waals surface area contributed by atoms with Crippen LogP contribution in [0.4, 0.5) is 11.5 Å². The highest BCUT2D eigenvalue weighted by Crippen LogP contribution is 2.20. The van der Waals surface area contributed by atoms with Crippen LogP contribution in [0.2, 0.25) is 5.02 Å². The summed E-state index contributed by atoms with van der Waals surface area (Å²) in [5.74, 6) is -0.525. The van der Waals surface area contributed by atoms with E-state index in [1.165, 1.54) is 0 Å². The van der Waals surface area contributed by atoms with Crippen LogP contribution in [0.3, 0.4) is 0 Å². The molecule has 0 saturated carbocycles. The summed E-state index contributed by atoms with van der Waals surface area (Å²) in [5.41, 5.74) is 6.83. The number of benzene rings is 1. The number of nitrogens with zero attached hydrogens (tertiary/aromatic N) is 2. The van der Waals surface area contributed by atoms with Gasteiger partial charge >= 0.3 is 0 Å². The Morgan fingerprint density at radius 1 is 1.47 bits per heavy atom. The Morgan fingerprint density at radius 3 is 2.82 bits per heavy atom. The van der Waals surface area contributed by atoms with Gasteiger partial charge in [-0.15, -0.1) is 0 Å². The first-order valence-electron chi connectivity index (χ1n) is 4.73. The predicted molar refractivity (Wildman–Crippen MR) is 62.9 cm³/mol. The zero-order valence-electron chi connectivity index (χ0n) is 8.90. The van der Waals surface area contributed by atoms with Crippen LogP contribution in [0.1, 0.15) is 16.1 Å². The molecule has 3 N–H and O–H groups in total. The molecule has 0 aliphatic carbocycles. The Hall–Kier alpha value is -2.08. The van der Waals surface area contributed by atoms with Crippen molar-refractivity contribution in [1.82, 2.24) is 10.3 Å². The number of amides is 1. The maximum atomic E-state index is 11.7. The van der Waals surface area contributed by atoms with Crippen LogP contribution in [0.15, 0.2) is 22.8 Å². The van der Waals surface area contributed by atoms with Gasteiger partial charge in [0.05, 0.1) is 0 Å². The van der Waals surface area contributed by atoms with E-state index in [1.54, 1.807) is 18.2 Å². The zero-order valence-corrected chi connectivity index (χ0v) is 9.65. The second kappa shape index (κ2) is 4.42. The molecule has 0 saturated heterocycles. The number of nitrogens with one attached hydrogen (secondary N) is 1. The average molecular weight is 253 g/mol. The van der Waals surface area contributed by atoms with E-state index in [2.05, 4.69) is 20.3 Å². The molecule has 0 radical (unpaired) electrons. The first-order valence-corrected chi connectivity index (χ1v) is 5.11. The Balaban J connectivity index is 2.22. The highest BCUT2D eigenvalue weighted by Gasteiger charge is 2.16. The van der Waals surface area contributed by atoms with Gasteiger partial charge < -0.3 is 11.1 Å². The van der Waals surface area contributed by atoms with E-state index < -0.39 is 5.91 Å². The highest BCUT2D eigenvalue weighted by molar-refractivity contribution is 6.30. The molecule has 1 heterocycles. The predicted octanol–water partition coefficient (Wildman–Crippen LogP) is 1.87. The van der Waals surface area contributed by atoms with Gasteiger partial charge in [0.15, 0.2) is 0 Å². The lowest BCUT2D eigenvalue weighted by atomic mass is 10.2. The molecule has 0 unspecified atom stereocenters. The minimum absolute atomic E-state index is 0.0423. The lowest BCUT2D eigenvalue weighted by molar-refractivity contribution is 0.101. The molecule has 2 rings (SSSR count). The van der Waals surface area contributed by atoms with Crippen LogP contribution in [-0.4, -0.2) is 16.2 Å². The van der Waals surface area contributed by atoms with Gasteiger partial charge in [0, 0.05) is 10.7 Å². The number of nitrogens with two attached hydrogens (primary N) is 1. The average Bonchev–Trinajstić information content (AvgIpc) is 2.68. The largest absolute Gasteiger partial charge is 0.379 e. The summed E-state index contributed by atoms with van der Waals surface area (Å²) >= 11 is 5.81. The molecule has 0 bridgehead atoms. The Bertz CT molecular complexity index is 567. The quantitative estimate of drug-likeness (QED) is 0.851. The molecule has 2 aromatic rings. The number of hydrogen-bond acceptors (Lipinski definition) is 5. The summed E-state index contributed by atoms with van der Waals surface area (Å²) in [6, 6.07) is 5.11. The molecule has 7 heteroatoms. The molecule has 0 aliphatic heterocycles. The van der Waals surface area contributed by atoms with E-state index in [0.29, 0.717) is 10.7 Å². The molecule has 0 spiro atoms. The number of rotatable bonds is 2. The summed E-state index contributed by atoms with van der Waals surface area (Å²) in [5, 5.41) is 9.98. The van der Waals surface area contributed by atoms with Gasteiger partial charge in [-0.3, -0.25) is 4.79 Å². The molecular weight excluding hydrogens is 244 g/mol. The molecule has 1 amide bonds. The first kappa shape index (κ1) is 11.4. The number of carbonyl (C=O) groups excluding carboxylic acids is 1. The summed E-state index contributed by atoms with van der Waals surface area (Å²) < 4.78 is 4.35. The van der Waals surface area contributed by atoms with E-state index in [9.17, 15) is 4.79 Å². The normalized spacial score (nSPS) is 10.2. The van der Waals surface area contributed by atoms with E-state index in [4.69, 9.17) is 17.3 Å². The third kappa shape index (κ3) is 2.36. The summed E-state index contributed by atoms with van der Waals surface area (Å²) in [6.07, 6.45) is 0. The van der Waals surface area contributed by atoms with Gasteiger partial charge in [-0.25, -0.2) is 4.63 Å². The second-order valence-electron chi connectivity index (χ2n) is 3.41. The van der Waals surface area contributed by atoms with Crippen molar-refractivity contribution in [3.05, 3.63) is 34.5 Å². The molecule has 0 atom stereocenters. The van der Waals surface area contributed by atoms with Crippen LogP contribution in [-0.2, 0) is 0 Å². The lowest BCUT2D eigenvalue weighted by Crippen LogP contribution is -2.14. The lowest BCUT2D eigenvalue weighted by Gasteiger charge is -2.06. The molecule has 0 aliphatic rings.